The zero-order valence-corrected chi connectivity index (χ0v) is 8.68. The van der Waals surface area contributed by atoms with Crippen molar-refractivity contribution in [2.75, 3.05) is 0 Å². The number of alkyl halides is 2. The van der Waals surface area contributed by atoms with Crippen LogP contribution in [-0.2, 0) is 0 Å². The Morgan fingerprint density at radius 3 is 2.64 bits per heavy atom. The average molecular weight is 266 g/mol. The van der Waals surface area contributed by atoms with E-state index in [-0.39, 0.29) is 4.47 Å². The molecule has 1 aromatic rings. The van der Waals surface area contributed by atoms with Gasteiger partial charge in [0.25, 0.3) is 6.43 Å². The Hall–Kier alpha value is -1.04. The van der Waals surface area contributed by atoms with E-state index in [1.54, 1.807) is 0 Å². The largest absolute Gasteiger partial charge is 0.478 e. The van der Waals surface area contributed by atoms with Crippen LogP contribution in [0.2, 0.25) is 0 Å². The van der Waals surface area contributed by atoms with Crippen LogP contribution < -0.4 is 0 Å². The summed E-state index contributed by atoms with van der Waals surface area (Å²) in [5.74, 6) is -1.41. The van der Waals surface area contributed by atoms with Crippen LogP contribution >= 0.6 is 15.9 Å². The van der Waals surface area contributed by atoms with Crippen LogP contribution in [0.3, 0.4) is 0 Å². The summed E-state index contributed by atoms with van der Waals surface area (Å²) in [6, 6.07) is 0. The van der Waals surface area contributed by atoms with Gasteiger partial charge in [0.1, 0.15) is 0 Å². The zero-order valence-electron chi connectivity index (χ0n) is 7.09. The molecule has 1 heterocycles. The fourth-order valence-corrected chi connectivity index (χ4v) is 1.47. The summed E-state index contributed by atoms with van der Waals surface area (Å²) in [5.41, 5.74) is -0.659. The maximum atomic E-state index is 12.5. The number of aromatic carboxylic acids is 1. The van der Waals surface area contributed by atoms with E-state index in [9.17, 15) is 13.6 Å². The van der Waals surface area contributed by atoms with Gasteiger partial charge in [-0.2, -0.15) is 0 Å². The standard InChI is InChI=1S/C8H6BrF2NO2/c1-3-6(9)5(7(10)11)4(2-12-3)8(13)14/h2,7H,1H3,(H,13,14). The third-order valence-corrected chi connectivity index (χ3v) is 2.68. The predicted octanol–water partition coefficient (Wildman–Crippen LogP) is 2.79. The number of halogens is 3. The first kappa shape index (κ1) is 11.0. The van der Waals surface area contributed by atoms with Gasteiger partial charge in [-0.3, -0.25) is 4.98 Å². The molecule has 0 radical (unpaired) electrons. The number of carboxylic acids is 1. The molecule has 3 nitrogen and oxygen atoms in total. The van der Waals surface area contributed by atoms with Crippen LogP contribution in [0.25, 0.3) is 0 Å². The topological polar surface area (TPSA) is 50.2 Å². The molecule has 0 aliphatic carbocycles. The van der Waals surface area contributed by atoms with E-state index in [2.05, 4.69) is 20.9 Å². The SMILES string of the molecule is Cc1ncc(C(=O)O)c(C(F)F)c1Br. The first-order valence-electron chi connectivity index (χ1n) is 3.61. The number of carbonyl (C=O) groups is 1. The first-order valence-corrected chi connectivity index (χ1v) is 4.41. The lowest BCUT2D eigenvalue weighted by atomic mass is 10.1. The lowest BCUT2D eigenvalue weighted by Crippen LogP contribution is -2.06. The van der Waals surface area contributed by atoms with Gasteiger partial charge in [-0.05, 0) is 22.9 Å². The predicted molar refractivity (Wildman–Crippen MR) is 48.6 cm³/mol. The van der Waals surface area contributed by atoms with Gasteiger partial charge in [0.05, 0.1) is 11.3 Å². The van der Waals surface area contributed by atoms with Gasteiger partial charge < -0.3 is 5.11 Å². The lowest BCUT2D eigenvalue weighted by Gasteiger charge is -2.08. The van der Waals surface area contributed by atoms with Gasteiger partial charge in [0.15, 0.2) is 0 Å². The summed E-state index contributed by atoms with van der Waals surface area (Å²) in [5, 5.41) is 8.64. The van der Waals surface area contributed by atoms with E-state index < -0.39 is 23.5 Å². The van der Waals surface area contributed by atoms with E-state index >= 15 is 0 Å². The Bertz CT molecular complexity index is 382. The molecule has 14 heavy (non-hydrogen) atoms. The molecule has 1 aromatic heterocycles. The van der Waals surface area contributed by atoms with Gasteiger partial charge in [0, 0.05) is 16.2 Å². The maximum absolute atomic E-state index is 12.5. The zero-order chi connectivity index (χ0) is 10.9. The number of hydrogen-bond donors (Lipinski definition) is 1. The third-order valence-electron chi connectivity index (χ3n) is 1.68. The summed E-state index contributed by atoms with van der Waals surface area (Å²) < 4.78 is 25.1. The number of aryl methyl sites for hydroxylation is 1. The van der Waals surface area contributed by atoms with Crippen LogP contribution in [-0.4, -0.2) is 16.1 Å². The van der Waals surface area contributed by atoms with Gasteiger partial charge in [0.2, 0.25) is 0 Å². The quantitative estimate of drug-likeness (QED) is 0.895. The van der Waals surface area contributed by atoms with Gasteiger partial charge in [-0.25, -0.2) is 13.6 Å². The molecule has 6 heteroatoms. The highest BCUT2D eigenvalue weighted by atomic mass is 79.9. The van der Waals surface area contributed by atoms with Crippen molar-refractivity contribution in [3.8, 4) is 0 Å². The minimum Gasteiger partial charge on any atom is -0.478 e. The Kier molecular flexibility index (Phi) is 3.15. The molecule has 0 aliphatic rings. The number of rotatable bonds is 2. The molecule has 0 unspecified atom stereocenters. The molecule has 0 spiro atoms. The van der Waals surface area contributed by atoms with E-state index in [0.717, 1.165) is 6.20 Å². The Labute approximate surface area is 86.9 Å². The highest BCUT2D eigenvalue weighted by Gasteiger charge is 2.22. The molecule has 0 bridgehead atoms. The van der Waals surface area contributed by atoms with Crippen molar-refractivity contribution in [1.82, 2.24) is 4.98 Å². The summed E-state index contributed by atoms with van der Waals surface area (Å²) in [7, 11) is 0. The molecule has 0 aliphatic heterocycles. The van der Waals surface area contributed by atoms with Gasteiger partial charge in [-0.15, -0.1) is 0 Å². The monoisotopic (exact) mass is 265 g/mol. The Balaban J connectivity index is 3.45. The van der Waals surface area contributed by atoms with Crippen molar-refractivity contribution in [1.29, 1.82) is 0 Å². The van der Waals surface area contributed by atoms with Crippen LogP contribution in [0.15, 0.2) is 10.7 Å². The highest BCUT2D eigenvalue weighted by molar-refractivity contribution is 9.10. The molecule has 0 saturated heterocycles. The first-order chi connectivity index (χ1) is 6.45. The fraction of sp³-hybridized carbons (Fsp3) is 0.250. The Morgan fingerprint density at radius 2 is 2.21 bits per heavy atom. The molecule has 1 rings (SSSR count). The number of hydrogen-bond acceptors (Lipinski definition) is 2. The molecule has 76 valence electrons. The van der Waals surface area contributed by atoms with E-state index in [0.29, 0.717) is 5.69 Å². The molecule has 1 N–H and O–H groups in total. The van der Waals surface area contributed by atoms with Crippen molar-refractivity contribution in [2.45, 2.75) is 13.3 Å². The molecule has 0 fully saturated rings. The second kappa shape index (κ2) is 4.00. The molecular formula is C8H6BrF2NO2. The van der Waals surface area contributed by atoms with Crippen LogP contribution in [0, 0.1) is 6.92 Å². The van der Waals surface area contributed by atoms with Crippen LogP contribution in [0.5, 0.6) is 0 Å². The molecule has 0 aromatic carbocycles. The second-order valence-corrected chi connectivity index (χ2v) is 3.38. The average Bonchev–Trinajstić information content (AvgIpc) is 2.08. The fourth-order valence-electron chi connectivity index (χ4n) is 0.984. The molecule has 0 atom stereocenters. The number of carboxylic acid groups (broad SMARTS) is 1. The van der Waals surface area contributed by atoms with Crippen molar-refractivity contribution < 1.29 is 18.7 Å². The van der Waals surface area contributed by atoms with Crippen molar-refractivity contribution in [3.05, 3.63) is 27.5 Å². The van der Waals surface area contributed by atoms with Crippen molar-refractivity contribution in [3.63, 3.8) is 0 Å². The number of pyridine rings is 1. The number of aromatic nitrogens is 1. The van der Waals surface area contributed by atoms with Crippen molar-refractivity contribution >= 4 is 21.9 Å². The highest BCUT2D eigenvalue weighted by Crippen LogP contribution is 2.31. The normalized spacial score (nSPS) is 10.6. The Morgan fingerprint density at radius 1 is 1.64 bits per heavy atom. The molecule has 0 amide bonds. The smallest absolute Gasteiger partial charge is 0.337 e. The van der Waals surface area contributed by atoms with E-state index in [1.807, 2.05) is 0 Å². The molecular weight excluding hydrogens is 260 g/mol. The van der Waals surface area contributed by atoms with Crippen LogP contribution in [0.1, 0.15) is 28.0 Å². The van der Waals surface area contributed by atoms with E-state index in [1.165, 1.54) is 6.92 Å². The summed E-state index contributed by atoms with van der Waals surface area (Å²) >= 11 is 2.89. The molecule has 0 saturated carbocycles. The summed E-state index contributed by atoms with van der Waals surface area (Å²) in [6.07, 6.45) is -1.90. The van der Waals surface area contributed by atoms with Gasteiger partial charge >= 0.3 is 5.97 Å². The minimum absolute atomic E-state index is 0.0485. The lowest BCUT2D eigenvalue weighted by molar-refractivity contribution is 0.0683. The second-order valence-electron chi connectivity index (χ2n) is 2.59. The van der Waals surface area contributed by atoms with E-state index in [4.69, 9.17) is 5.11 Å². The maximum Gasteiger partial charge on any atom is 0.337 e. The third kappa shape index (κ3) is 1.89. The minimum atomic E-state index is -2.84. The summed E-state index contributed by atoms with van der Waals surface area (Å²) in [4.78, 5) is 14.3. The summed E-state index contributed by atoms with van der Waals surface area (Å²) in [6.45, 7) is 1.52. The van der Waals surface area contributed by atoms with Crippen LogP contribution in [0.4, 0.5) is 8.78 Å². The number of nitrogens with zero attached hydrogens (tertiary/aromatic N) is 1. The van der Waals surface area contributed by atoms with Gasteiger partial charge in [-0.1, -0.05) is 0 Å². The van der Waals surface area contributed by atoms with Crippen molar-refractivity contribution in [2.24, 2.45) is 0 Å².